The summed E-state index contributed by atoms with van der Waals surface area (Å²) in [7, 11) is 2.22. The largest absolute Gasteiger partial charge is 0.378 e. The van der Waals surface area contributed by atoms with E-state index in [4.69, 9.17) is 10.5 Å². The minimum absolute atomic E-state index is 0.627. The normalized spacial score (nSPS) is 20.2. The molecule has 1 aliphatic carbocycles. The van der Waals surface area contributed by atoms with Crippen molar-refractivity contribution in [3.05, 3.63) is 29.8 Å². The molecule has 0 aromatic heterocycles. The molecule has 1 saturated carbocycles. The first-order valence-corrected chi connectivity index (χ1v) is 9.18. The van der Waals surface area contributed by atoms with Crippen LogP contribution in [0.5, 0.6) is 0 Å². The Labute approximate surface area is 145 Å². The van der Waals surface area contributed by atoms with Gasteiger partial charge in [0.05, 0.1) is 19.8 Å². The molecular weight excluding hydrogens is 300 g/mol. The number of hydrogen-bond acceptors (Lipinski definition) is 3. The summed E-state index contributed by atoms with van der Waals surface area (Å²) in [5.74, 6) is 0.627. The van der Waals surface area contributed by atoms with Crippen molar-refractivity contribution in [3.8, 4) is 0 Å². The van der Waals surface area contributed by atoms with Crippen molar-refractivity contribution in [2.75, 3.05) is 38.3 Å². The van der Waals surface area contributed by atoms with Crippen LogP contribution in [0.2, 0.25) is 0 Å². The molecule has 0 spiro atoms. The van der Waals surface area contributed by atoms with E-state index < -0.39 is 0 Å². The van der Waals surface area contributed by atoms with Crippen LogP contribution in [0.15, 0.2) is 29.3 Å². The number of hydrogen-bond donors (Lipinski definition) is 1. The smallest absolute Gasteiger partial charge is 0.191 e. The molecule has 5 nitrogen and oxygen atoms in total. The van der Waals surface area contributed by atoms with Crippen LogP contribution in [0, 0.1) is 0 Å². The number of ether oxygens (including phenoxy) is 1. The van der Waals surface area contributed by atoms with Gasteiger partial charge in [0.15, 0.2) is 5.96 Å². The molecule has 1 aliphatic heterocycles. The zero-order chi connectivity index (χ0) is 16.8. The van der Waals surface area contributed by atoms with Crippen molar-refractivity contribution in [1.82, 2.24) is 4.90 Å². The highest BCUT2D eigenvalue weighted by atomic mass is 16.5. The topological polar surface area (TPSA) is 54.1 Å². The Kier molecular flexibility index (Phi) is 5.96. The van der Waals surface area contributed by atoms with E-state index in [1.54, 1.807) is 0 Å². The summed E-state index contributed by atoms with van der Waals surface area (Å²) in [5.41, 5.74) is 8.59. The van der Waals surface area contributed by atoms with Gasteiger partial charge < -0.3 is 20.3 Å². The SMILES string of the molecule is CN(c1ccc(CN=C(N)N2CCOCC2)cc1)C1CCCCC1. The number of nitrogens with zero attached hydrogens (tertiary/aromatic N) is 3. The number of rotatable bonds is 4. The number of aliphatic imine (C=N–C) groups is 1. The summed E-state index contributed by atoms with van der Waals surface area (Å²) in [4.78, 5) is 9.06. The molecular formula is C19H30N4O. The van der Waals surface area contributed by atoms with E-state index >= 15 is 0 Å². The Morgan fingerprint density at radius 2 is 1.83 bits per heavy atom. The zero-order valence-electron chi connectivity index (χ0n) is 14.8. The van der Waals surface area contributed by atoms with Gasteiger partial charge in [-0.25, -0.2) is 4.99 Å². The molecule has 1 aromatic rings. The van der Waals surface area contributed by atoms with Gasteiger partial charge in [-0.2, -0.15) is 0 Å². The van der Waals surface area contributed by atoms with E-state index in [9.17, 15) is 0 Å². The molecule has 1 saturated heterocycles. The second kappa shape index (κ2) is 8.38. The van der Waals surface area contributed by atoms with Crippen molar-refractivity contribution < 1.29 is 4.74 Å². The molecule has 1 heterocycles. The first-order valence-electron chi connectivity index (χ1n) is 9.18. The first-order chi connectivity index (χ1) is 11.7. The van der Waals surface area contributed by atoms with Gasteiger partial charge in [0.1, 0.15) is 0 Å². The van der Waals surface area contributed by atoms with Crippen LogP contribution in [0.4, 0.5) is 5.69 Å². The molecule has 5 heteroatoms. The standard InChI is InChI=1S/C19H30N4O/c1-22(17-5-3-2-4-6-17)18-9-7-16(8-10-18)15-21-19(20)23-11-13-24-14-12-23/h7-10,17H,2-6,11-15H2,1H3,(H2,20,21). The second-order valence-electron chi connectivity index (χ2n) is 6.84. The lowest BCUT2D eigenvalue weighted by atomic mass is 9.94. The van der Waals surface area contributed by atoms with E-state index in [2.05, 4.69) is 46.1 Å². The number of benzene rings is 1. The highest BCUT2D eigenvalue weighted by Crippen LogP contribution is 2.26. The molecule has 0 amide bonds. The van der Waals surface area contributed by atoms with Gasteiger partial charge >= 0.3 is 0 Å². The Balaban J connectivity index is 1.55. The van der Waals surface area contributed by atoms with Gasteiger partial charge in [-0.1, -0.05) is 31.4 Å². The Hall–Kier alpha value is -1.75. The summed E-state index contributed by atoms with van der Waals surface area (Å²) in [6.45, 7) is 3.77. The van der Waals surface area contributed by atoms with Crippen molar-refractivity contribution in [3.63, 3.8) is 0 Å². The first kappa shape index (κ1) is 17.1. The summed E-state index contributed by atoms with van der Waals surface area (Å²) >= 11 is 0. The van der Waals surface area contributed by atoms with Gasteiger partial charge in [0, 0.05) is 31.9 Å². The van der Waals surface area contributed by atoms with Gasteiger partial charge in [-0.15, -0.1) is 0 Å². The average molecular weight is 330 g/mol. The maximum Gasteiger partial charge on any atom is 0.191 e. The fourth-order valence-electron chi connectivity index (χ4n) is 3.58. The summed E-state index contributed by atoms with van der Waals surface area (Å²) in [5, 5.41) is 0. The van der Waals surface area contributed by atoms with Crippen LogP contribution in [-0.2, 0) is 11.3 Å². The van der Waals surface area contributed by atoms with E-state index in [1.165, 1.54) is 43.4 Å². The third kappa shape index (κ3) is 4.41. The van der Waals surface area contributed by atoms with Crippen LogP contribution in [0.1, 0.15) is 37.7 Å². The third-order valence-corrected chi connectivity index (χ3v) is 5.22. The zero-order valence-corrected chi connectivity index (χ0v) is 14.8. The van der Waals surface area contributed by atoms with Crippen molar-refractivity contribution in [2.24, 2.45) is 10.7 Å². The maximum atomic E-state index is 6.08. The molecule has 3 rings (SSSR count). The van der Waals surface area contributed by atoms with Crippen LogP contribution in [0.3, 0.4) is 0 Å². The fraction of sp³-hybridized carbons (Fsp3) is 0.632. The number of morpholine rings is 1. The van der Waals surface area contributed by atoms with Crippen molar-refractivity contribution in [2.45, 2.75) is 44.7 Å². The third-order valence-electron chi connectivity index (χ3n) is 5.22. The molecule has 1 aromatic carbocycles. The van der Waals surface area contributed by atoms with Crippen molar-refractivity contribution in [1.29, 1.82) is 0 Å². The lowest BCUT2D eigenvalue weighted by Gasteiger charge is -2.33. The minimum atomic E-state index is 0.627. The van der Waals surface area contributed by atoms with Crippen molar-refractivity contribution >= 4 is 11.6 Å². The molecule has 2 N–H and O–H groups in total. The second-order valence-corrected chi connectivity index (χ2v) is 6.84. The number of guanidine groups is 1. The highest BCUT2D eigenvalue weighted by molar-refractivity contribution is 5.78. The Morgan fingerprint density at radius 1 is 1.17 bits per heavy atom. The predicted octanol–water partition coefficient (Wildman–Crippen LogP) is 2.60. The minimum Gasteiger partial charge on any atom is -0.378 e. The quantitative estimate of drug-likeness (QED) is 0.681. The molecule has 2 aliphatic rings. The number of anilines is 1. The summed E-state index contributed by atoms with van der Waals surface area (Å²) in [6.07, 6.45) is 6.76. The van der Waals surface area contributed by atoms with Crippen LogP contribution in [-0.4, -0.2) is 50.3 Å². The Morgan fingerprint density at radius 3 is 2.50 bits per heavy atom. The highest BCUT2D eigenvalue weighted by Gasteiger charge is 2.18. The lowest BCUT2D eigenvalue weighted by Crippen LogP contribution is -2.44. The molecule has 0 unspecified atom stereocenters. The predicted molar refractivity (Wildman–Crippen MR) is 99.4 cm³/mol. The van der Waals surface area contributed by atoms with E-state index in [1.807, 2.05) is 0 Å². The van der Waals surface area contributed by atoms with E-state index in [0.717, 1.165) is 26.3 Å². The van der Waals surface area contributed by atoms with Gasteiger partial charge in [0.25, 0.3) is 0 Å². The van der Waals surface area contributed by atoms with E-state index in [-0.39, 0.29) is 0 Å². The monoisotopic (exact) mass is 330 g/mol. The molecule has 0 atom stereocenters. The molecule has 0 bridgehead atoms. The fourth-order valence-corrected chi connectivity index (χ4v) is 3.58. The van der Waals surface area contributed by atoms with Gasteiger partial charge in [0.2, 0.25) is 0 Å². The molecule has 2 fully saturated rings. The molecule has 132 valence electrons. The van der Waals surface area contributed by atoms with Crippen LogP contribution < -0.4 is 10.6 Å². The summed E-state index contributed by atoms with van der Waals surface area (Å²) in [6, 6.07) is 9.46. The molecule has 24 heavy (non-hydrogen) atoms. The number of nitrogens with two attached hydrogens (primary N) is 1. The van der Waals surface area contributed by atoms with Crippen LogP contribution >= 0.6 is 0 Å². The Bertz CT molecular complexity index is 531. The lowest BCUT2D eigenvalue weighted by molar-refractivity contribution is 0.0674. The molecule has 0 radical (unpaired) electrons. The summed E-state index contributed by atoms with van der Waals surface area (Å²) < 4.78 is 5.34. The maximum absolute atomic E-state index is 6.08. The van der Waals surface area contributed by atoms with Crippen LogP contribution in [0.25, 0.3) is 0 Å². The average Bonchev–Trinajstić information content (AvgIpc) is 2.67. The van der Waals surface area contributed by atoms with E-state index in [0.29, 0.717) is 18.5 Å². The van der Waals surface area contributed by atoms with Gasteiger partial charge in [-0.05, 0) is 30.5 Å². The van der Waals surface area contributed by atoms with Gasteiger partial charge in [-0.3, -0.25) is 0 Å².